The number of fused-ring (bicyclic) bond motifs is 1. The Morgan fingerprint density at radius 3 is 2.90 bits per heavy atom. The third kappa shape index (κ3) is 2.78. The Morgan fingerprint density at radius 2 is 2.14 bits per heavy atom. The number of carbonyl (C=O) groups excluding carboxylic acids is 1. The smallest absolute Gasteiger partial charge is 0.235 e. The molecule has 1 aromatic heterocycles. The standard InChI is InChI=1S/C16H15BrN2O2/c1-19(15-7-6-11(17)10-18-15)16(20)13-8-9-21-14-5-3-2-4-12(13)14/h2-7,10,13H,8-9H2,1H3/t13-/m0/s1. The molecule has 0 aliphatic carbocycles. The molecular weight excluding hydrogens is 332 g/mol. The maximum Gasteiger partial charge on any atom is 0.235 e. The van der Waals surface area contributed by atoms with Gasteiger partial charge >= 0.3 is 0 Å². The first-order chi connectivity index (χ1) is 10.2. The van der Waals surface area contributed by atoms with Crippen molar-refractivity contribution in [1.82, 2.24) is 4.98 Å². The predicted octanol–water partition coefficient (Wildman–Crippen LogP) is 3.37. The monoisotopic (exact) mass is 346 g/mol. The number of benzene rings is 1. The molecule has 1 aromatic carbocycles. The van der Waals surface area contributed by atoms with Crippen molar-refractivity contribution in [3.05, 3.63) is 52.6 Å². The summed E-state index contributed by atoms with van der Waals surface area (Å²) in [6, 6.07) is 11.4. The van der Waals surface area contributed by atoms with Crippen LogP contribution in [-0.4, -0.2) is 24.5 Å². The maximum atomic E-state index is 12.8. The third-order valence-electron chi connectivity index (χ3n) is 3.64. The highest BCUT2D eigenvalue weighted by Gasteiger charge is 2.30. The fourth-order valence-electron chi connectivity index (χ4n) is 2.51. The van der Waals surface area contributed by atoms with Crippen molar-refractivity contribution < 1.29 is 9.53 Å². The van der Waals surface area contributed by atoms with Crippen LogP contribution in [0.15, 0.2) is 47.1 Å². The molecule has 2 heterocycles. The Morgan fingerprint density at radius 1 is 1.33 bits per heavy atom. The lowest BCUT2D eigenvalue weighted by Gasteiger charge is -2.28. The van der Waals surface area contributed by atoms with Crippen LogP contribution in [0.2, 0.25) is 0 Å². The van der Waals surface area contributed by atoms with Gasteiger partial charge in [0.1, 0.15) is 11.6 Å². The minimum Gasteiger partial charge on any atom is -0.493 e. The van der Waals surface area contributed by atoms with Crippen LogP contribution in [0.4, 0.5) is 5.82 Å². The number of aromatic nitrogens is 1. The van der Waals surface area contributed by atoms with E-state index < -0.39 is 0 Å². The number of amides is 1. The van der Waals surface area contributed by atoms with Gasteiger partial charge < -0.3 is 4.74 Å². The zero-order valence-electron chi connectivity index (χ0n) is 11.6. The van der Waals surface area contributed by atoms with Crippen molar-refractivity contribution >= 4 is 27.7 Å². The van der Waals surface area contributed by atoms with Crippen LogP contribution in [-0.2, 0) is 4.79 Å². The summed E-state index contributed by atoms with van der Waals surface area (Å²) in [6.45, 7) is 0.565. The Kier molecular flexibility index (Phi) is 3.92. The largest absolute Gasteiger partial charge is 0.493 e. The third-order valence-corrected chi connectivity index (χ3v) is 4.11. The number of hydrogen-bond acceptors (Lipinski definition) is 3. The first-order valence-corrected chi connectivity index (χ1v) is 7.57. The molecule has 1 atom stereocenters. The molecule has 0 spiro atoms. The lowest BCUT2D eigenvalue weighted by Crippen LogP contribution is -2.34. The molecular formula is C16H15BrN2O2. The minimum atomic E-state index is -0.176. The summed E-state index contributed by atoms with van der Waals surface area (Å²) in [4.78, 5) is 18.7. The first kappa shape index (κ1) is 14.1. The molecule has 1 amide bonds. The van der Waals surface area contributed by atoms with Crippen molar-refractivity contribution in [2.45, 2.75) is 12.3 Å². The van der Waals surface area contributed by atoms with Gasteiger partial charge in [0.25, 0.3) is 0 Å². The summed E-state index contributed by atoms with van der Waals surface area (Å²) in [5.41, 5.74) is 0.956. The van der Waals surface area contributed by atoms with Gasteiger partial charge in [-0.2, -0.15) is 0 Å². The molecule has 1 aliphatic heterocycles. The van der Waals surface area contributed by atoms with Gasteiger partial charge in [0.05, 0.1) is 12.5 Å². The number of carbonyl (C=O) groups is 1. The number of anilines is 1. The molecule has 0 saturated carbocycles. The molecule has 1 aliphatic rings. The molecule has 2 aromatic rings. The fourth-order valence-corrected chi connectivity index (χ4v) is 2.75. The molecule has 0 saturated heterocycles. The molecule has 108 valence electrons. The topological polar surface area (TPSA) is 42.4 Å². The van der Waals surface area contributed by atoms with Crippen molar-refractivity contribution in [2.75, 3.05) is 18.6 Å². The van der Waals surface area contributed by atoms with Gasteiger partial charge in [-0.25, -0.2) is 4.98 Å². The normalized spacial score (nSPS) is 16.8. The van der Waals surface area contributed by atoms with E-state index >= 15 is 0 Å². The number of hydrogen-bond donors (Lipinski definition) is 0. The van der Waals surface area contributed by atoms with Crippen LogP contribution in [0.3, 0.4) is 0 Å². The zero-order valence-corrected chi connectivity index (χ0v) is 13.2. The summed E-state index contributed by atoms with van der Waals surface area (Å²) in [5, 5.41) is 0. The van der Waals surface area contributed by atoms with Crippen molar-refractivity contribution in [2.24, 2.45) is 0 Å². The Balaban J connectivity index is 1.87. The van der Waals surface area contributed by atoms with E-state index in [0.717, 1.165) is 15.8 Å². The van der Waals surface area contributed by atoms with Gasteiger partial charge in [-0.1, -0.05) is 18.2 Å². The number of halogens is 1. The average molecular weight is 347 g/mol. The van der Waals surface area contributed by atoms with E-state index in [0.29, 0.717) is 18.8 Å². The minimum absolute atomic E-state index is 0.0422. The van der Waals surface area contributed by atoms with Gasteiger partial charge in [-0.05, 0) is 40.5 Å². The number of likely N-dealkylation sites (N-methyl/N-ethyl adjacent to an activating group) is 1. The van der Waals surface area contributed by atoms with Crippen LogP contribution < -0.4 is 9.64 Å². The summed E-state index contributed by atoms with van der Waals surface area (Å²) in [6.07, 6.45) is 2.38. The number of ether oxygens (including phenoxy) is 1. The van der Waals surface area contributed by atoms with E-state index in [4.69, 9.17) is 4.74 Å². The second kappa shape index (κ2) is 5.85. The second-order valence-electron chi connectivity index (χ2n) is 4.96. The van der Waals surface area contributed by atoms with Gasteiger partial charge in [0.15, 0.2) is 0 Å². The second-order valence-corrected chi connectivity index (χ2v) is 5.88. The van der Waals surface area contributed by atoms with Crippen molar-refractivity contribution in [3.63, 3.8) is 0 Å². The van der Waals surface area contributed by atoms with E-state index in [9.17, 15) is 4.79 Å². The van der Waals surface area contributed by atoms with Crippen molar-refractivity contribution in [3.8, 4) is 5.75 Å². The van der Waals surface area contributed by atoms with E-state index in [-0.39, 0.29) is 11.8 Å². The molecule has 0 N–H and O–H groups in total. The Labute approximate surface area is 131 Å². The van der Waals surface area contributed by atoms with Crippen LogP contribution in [0.25, 0.3) is 0 Å². The number of para-hydroxylation sites is 1. The van der Waals surface area contributed by atoms with Crippen LogP contribution in [0.5, 0.6) is 5.75 Å². The summed E-state index contributed by atoms with van der Waals surface area (Å²) < 4.78 is 6.50. The molecule has 0 unspecified atom stereocenters. The van der Waals surface area contributed by atoms with Gasteiger partial charge in [-0.15, -0.1) is 0 Å². The lowest BCUT2D eigenvalue weighted by atomic mass is 9.92. The zero-order chi connectivity index (χ0) is 14.8. The predicted molar refractivity (Wildman–Crippen MR) is 84.6 cm³/mol. The quantitative estimate of drug-likeness (QED) is 0.837. The van der Waals surface area contributed by atoms with E-state index in [2.05, 4.69) is 20.9 Å². The van der Waals surface area contributed by atoms with E-state index in [1.165, 1.54) is 0 Å². The van der Waals surface area contributed by atoms with Crippen LogP contribution in [0, 0.1) is 0 Å². The molecule has 4 nitrogen and oxygen atoms in total. The summed E-state index contributed by atoms with van der Waals surface area (Å²) in [5.74, 6) is 1.32. The van der Waals surface area contributed by atoms with Crippen LogP contribution >= 0.6 is 15.9 Å². The van der Waals surface area contributed by atoms with Gasteiger partial charge in [0.2, 0.25) is 5.91 Å². The summed E-state index contributed by atoms with van der Waals surface area (Å²) >= 11 is 3.35. The maximum absolute atomic E-state index is 12.8. The highest BCUT2D eigenvalue weighted by molar-refractivity contribution is 9.10. The summed E-state index contributed by atoms with van der Waals surface area (Å²) in [7, 11) is 1.76. The Hall–Kier alpha value is -1.88. The SMILES string of the molecule is CN(C(=O)[C@H]1CCOc2ccccc21)c1ccc(Br)cn1. The highest BCUT2D eigenvalue weighted by Crippen LogP contribution is 2.35. The van der Waals surface area contributed by atoms with Gasteiger partial charge in [-0.3, -0.25) is 9.69 Å². The average Bonchev–Trinajstić information content (AvgIpc) is 2.53. The van der Waals surface area contributed by atoms with Gasteiger partial charge in [0, 0.05) is 23.3 Å². The molecule has 21 heavy (non-hydrogen) atoms. The number of pyridine rings is 1. The highest BCUT2D eigenvalue weighted by atomic mass is 79.9. The Bertz CT molecular complexity index is 658. The molecule has 0 radical (unpaired) electrons. The molecule has 5 heteroatoms. The van der Waals surface area contributed by atoms with Crippen LogP contribution in [0.1, 0.15) is 17.9 Å². The van der Waals surface area contributed by atoms with E-state index in [1.54, 1.807) is 18.1 Å². The molecule has 0 bridgehead atoms. The number of nitrogens with zero attached hydrogens (tertiary/aromatic N) is 2. The molecule has 3 rings (SSSR count). The molecule has 0 fully saturated rings. The van der Waals surface area contributed by atoms with Crippen molar-refractivity contribution in [1.29, 1.82) is 0 Å². The first-order valence-electron chi connectivity index (χ1n) is 6.77. The lowest BCUT2D eigenvalue weighted by molar-refractivity contribution is -0.120. The number of rotatable bonds is 2. The van der Waals surface area contributed by atoms with E-state index in [1.807, 2.05) is 36.4 Å². The fraction of sp³-hybridized carbons (Fsp3) is 0.250.